The third-order valence-electron chi connectivity index (χ3n) is 8.56. The fourth-order valence-corrected chi connectivity index (χ4v) is 6.58. The highest BCUT2D eigenvalue weighted by Crippen LogP contribution is 2.46. The molecule has 0 bridgehead atoms. The molecular formula is C36H36N4O7. The molecule has 2 saturated heterocycles. The zero-order valence-electron chi connectivity index (χ0n) is 26.4. The molecule has 2 aliphatic heterocycles. The van der Waals surface area contributed by atoms with Gasteiger partial charge in [0, 0.05) is 0 Å². The number of aromatic nitrogens is 4. The first-order valence-corrected chi connectivity index (χ1v) is 15.7. The van der Waals surface area contributed by atoms with Crippen LogP contribution in [-0.2, 0) is 40.6 Å². The Morgan fingerprint density at radius 2 is 1.43 bits per heavy atom. The first kappa shape index (κ1) is 30.9. The maximum absolute atomic E-state index is 13.2. The van der Waals surface area contributed by atoms with Gasteiger partial charge in [0.25, 0.3) is 5.56 Å². The smallest absolute Gasteiger partial charge is 0.326 e. The molecule has 0 amide bonds. The van der Waals surface area contributed by atoms with Crippen LogP contribution < -0.4 is 5.56 Å². The van der Waals surface area contributed by atoms with Gasteiger partial charge in [0.05, 0.1) is 19.5 Å². The minimum Gasteiger partial charge on any atom is -0.465 e. The van der Waals surface area contributed by atoms with Gasteiger partial charge in [0.15, 0.2) is 23.2 Å². The molecule has 7 rings (SSSR count). The van der Waals surface area contributed by atoms with Crippen LogP contribution in [0.15, 0.2) is 108 Å². The number of ether oxygens (including phenoxy) is 5. The van der Waals surface area contributed by atoms with E-state index in [4.69, 9.17) is 23.7 Å². The van der Waals surface area contributed by atoms with Crippen molar-refractivity contribution in [1.29, 1.82) is 0 Å². The van der Waals surface area contributed by atoms with Crippen molar-refractivity contribution in [2.75, 3.05) is 13.2 Å². The highest BCUT2D eigenvalue weighted by molar-refractivity contribution is 5.72. The number of hydrogen-bond donors (Lipinski definition) is 0. The van der Waals surface area contributed by atoms with Gasteiger partial charge < -0.3 is 23.7 Å². The van der Waals surface area contributed by atoms with Crippen LogP contribution in [0.1, 0.15) is 43.7 Å². The van der Waals surface area contributed by atoms with Gasteiger partial charge in [-0.1, -0.05) is 91.0 Å². The Kier molecular flexibility index (Phi) is 8.23. The topological polar surface area (TPSA) is 116 Å². The molecule has 242 valence electrons. The van der Waals surface area contributed by atoms with E-state index < -0.39 is 47.5 Å². The van der Waals surface area contributed by atoms with Crippen molar-refractivity contribution in [3.8, 4) is 0 Å². The number of rotatable bonds is 10. The van der Waals surface area contributed by atoms with Crippen molar-refractivity contribution >= 4 is 17.1 Å². The molecule has 0 N–H and O–H groups in total. The molecule has 4 heterocycles. The van der Waals surface area contributed by atoms with Crippen LogP contribution in [0.25, 0.3) is 11.2 Å². The van der Waals surface area contributed by atoms with Gasteiger partial charge in [0.2, 0.25) is 0 Å². The number of esters is 1. The second kappa shape index (κ2) is 12.5. The Balaban J connectivity index is 1.24. The molecule has 3 aromatic carbocycles. The largest absolute Gasteiger partial charge is 0.465 e. The molecule has 2 aliphatic rings. The minimum atomic E-state index is -0.955. The second-order valence-corrected chi connectivity index (χ2v) is 12.0. The summed E-state index contributed by atoms with van der Waals surface area (Å²) in [5.41, 5.74) is 1.90. The second-order valence-electron chi connectivity index (χ2n) is 12.0. The number of benzene rings is 3. The predicted molar refractivity (Wildman–Crippen MR) is 171 cm³/mol. The van der Waals surface area contributed by atoms with Crippen LogP contribution in [0.4, 0.5) is 0 Å². The Bertz CT molecular complexity index is 1810. The summed E-state index contributed by atoms with van der Waals surface area (Å²) in [6, 6.07) is 30.4. The molecule has 4 atom stereocenters. The number of imidazole rings is 1. The van der Waals surface area contributed by atoms with Crippen LogP contribution in [0.3, 0.4) is 0 Å². The van der Waals surface area contributed by atoms with Crippen LogP contribution in [0, 0.1) is 0 Å². The van der Waals surface area contributed by atoms with Gasteiger partial charge in [-0.05, 0) is 37.5 Å². The summed E-state index contributed by atoms with van der Waals surface area (Å²) in [6.45, 7) is 5.54. The molecule has 0 radical (unpaired) electrons. The fourth-order valence-electron chi connectivity index (χ4n) is 6.58. The number of nitrogens with zero attached hydrogens (tertiary/aromatic N) is 4. The monoisotopic (exact) mass is 636 g/mol. The van der Waals surface area contributed by atoms with E-state index in [0.29, 0.717) is 5.65 Å². The summed E-state index contributed by atoms with van der Waals surface area (Å²) < 4.78 is 34.4. The van der Waals surface area contributed by atoms with E-state index >= 15 is 0 Å². The molecule has 0 aliphatic carbocycles. The van der Waals surface area contributed by atoms with Crippen LogP contribution in [0.5, 0.6) is 0 Å². The molecule has 11 nitrogen and oxygen atoms in total. The molecule has 5 aromatic rings. The number of carbonyl (C=O) groups excluding carboxylic acids is 1. The lowest BCUT2D eigenvalue weighted by Crippen LogP contribution is -2.39. The van der Waals surface area contributed by atoms with E-state index in [0.717, 1.165) is 16.7 Å². The van der Waals surface area contributed by atoms with Crippen LogP contribution in [-0.4, -0.2) is 62.4 Å². The third-order valence-corrected chi connectivity index (χ3v) is 8.56. The van der Waals surface area contributed by atoms with Crippen molar-refractivity contribution in [3.05, 3.63) is 131 Å². The van der Waals surface area contributed by atoms with Gasteiger partial charge >= 0.3 is 5.97 Å². The Morgan fingerprint density at radius 3 is 2.00 bits per heavy atom. The first-order valence-electron chi connectivity index (χ1n) is 15.7. The molecule has 2 fully saturated rings. The Hall–Kier alpha value is -4.68. The van der Waals surface area contributed by atoms with Crippen molar-refractivity contribution in [3.63, 3.8) is 0 Å². The third kappa shape index (κ3) is 5.65. The molecule has 0 spiro atoms. The van der Waals surface area contributed by atoms with Crippen molar-refractivity contribution in [2.24, 2.45) is 0 Å². The zero-order chi connectivity index (χ0) is 32.6. The summed E-state index contributed by atoms with van der Waals surface area (Å²) in [5, 5.41) is 0. The van der Waals surface area contributed by atoms with Gasteiger partial charge in [-0.15, -0.1) is 0 Å². The Labute approximate surface area is 271 Å². The maximum Gasteiger partial charge on any atom is 0.326 e. The van der Waals surface area contributed by atoms with Crippen molar-refractivity contribution < 1.29 is 28.5 Å². The summed E-state index contributed by atoms with van der Waals surface area (Å²) in [6.07, 6.45) is 0.527. The van der Waals surface area contributed by atoms with E-state index in [1.165, 1.54) is 17.2 Å². The van der Waals surface area contributed by atoms with Crippen LogP contribution in [0.2, 0.25) is 0 Å². The number of hydrogen-bond acceptors (Lipinski definition) is 9. The molecule has 0 unspecified atom stereocenters. The molecular weight excluding hydrogens is 600 g/mol. The van der Waals surface area contributed by atoms with Gasteiger partial charge in [0.1, 0.15) is 36.8 Å². The number of carbonyl (C=O) groups is 1. The number of fused-ring (bicyclic) bond motifs is 2. The quantitative estimate of drug-likeness (QED) is 0.160. The maximum atomic E-state index is 13.2. The van der Waals surface area contributed by atoms with Crippen molar-refractivity contribution in [2.45, 2.75) is 63.2 Å². The van der Waals surface area contributed by atoms with Crippen LogP contribution >= 0.6 is 0 Å². The van der Waals surface area contributed by atoms with E-state index in [2.05, 4.69) is 46.4 Å². The summed E-state index contributed by atoms with van der Waals surface area (Å²) in [5.74, 6) is -1.42. The molecule has 0 saturated carbocycles. The minimum absolute atomic E-state index is 0.103. The lowest BCUT2D eigenvalue weighted by atomic mass is 9.80. The summed E-state index contributed by atoms with van der Waals surface area (Å²) in [7, 11) is 0. The molecule has 2 aromatic heterocycles. The van der Waals surface area contributed by atoms with E-state index in [1.807, 2.05) is 68.4 Å². The summed E-state index contributed by atoms with van der Waals surface area (Å²) in [4.78, 5) is 34.1. The fraction of sp³-hybridized carbons (Fsp3) is 0.333. The Morgan fingerprint density at radius 1 is 0.851 bits per heavy atom. The lowest BCUT2D eigenvalue weighted by Gasteiger charge is -2.37. The molecule has 47 heavy (non-hydrogen) atoms. The lowest BCUT2D eigenvalue weighted by molar-refractivity contribution is -0.204. The highest BCUT2D eigenvalue weighted by atomic mass is 16.8. The zero-order valence-corrected chi connectivity index (χ0v) is 26.4. The average molecular weight is 637 g/mol. The normalized spacial score (nSPS) is 21.9. The van der Waals surface area contributed by atoms with E-state index in [1.54, 1.807) is 11.5 Å². The predicted octanol–water partition coefficient (Wildman–Crippen LogP) is 4.58. The van der Waals surface area contributed by atoms with E-state index in [-0.39, 0.29) is 25.3 Å². The van der Waals surface area contributed by atoms with Crippen molar-refractivity contribution in [1.82, 2.24) is 19.1 Å². The summed E-state index contributed by atoms with van der Waals surface area (Å²) >= 11 is 0. The van der Waals surface area contributed by atoms with Gasteiger partial charge in [-0.2, -0.15) is 0 Å². The molecule has 11 heteroatoms. The SMILES string of the molecule is CCOC(=O)Cn1cnc2c(ncn2[C@@H]2O[C@H](COC(c3ccccc3)(c3ccccc3)c3ccccc3)[C@H]3OC(C)(C)O[C@H]32)c1=O. The first-order chi connectivity index (χ1) is 22.8. The van der Waals surface area contributed by atoms with E-state index in [9.17, 15) is 9.59 Å². The standard InChI is InChI=1S/C36H36N4O7/c1-4-43-28(41)20-39-22-38-32-29(33(39)42)37-23-40(32)34-31-30(46-35(2,3)47-31)27(45-34)21-44-36(24-14-8-5-9-15-24,25-16-10-6-11-17-25)26-18-12-7-13-19-26/h5-19,22-23,27,30-31,34H,4,20-21H2,1-3H3/t27-,30-,31-,34-/m1/s1. The highest BCUT2D eigenvalue weighted by Gasteiger charge is 2.57. The van der Waals surface area contributed by atoms with Gasteiger partial charge in [-0.25, -0.2) is 9.97 Å². The van der Waals surface area contributed by atoms with Gasteiger partial charge in [-0.3, -0.25) is 18.7 Å². The average Bonchev–Trinajstić information content (AvgIpc) is 3.75.